The zero-order valence-corrected chi connectivity index (χ0v) is 30.5. The van der Waals surface area contributed by atoms with Gasteiger partial charge in [-0.2, -0.15) is 5.26 Å². The SMILES string of the molecule is CCOC(=O)C(C#N)c1cc2[nH]c1c(-c1ccccc1)c1nc(c(-c3ccccc3)c3ccc([nH]3)c(-c3ccccc3)c3nc(c2-c2ccccc2)C=C3)C=C1. The molecule has 0 spiro atoms. The van der Waals surface area contributed by atoms with Crippen molar-refractivity contribution in [3.8, 4) is 50.6 Å². The normalized spacial score (nSPS) is 12.3. The molecule has 0 aliphatic carbocycles. The van der Waals surface area contributed by atoms with E-state index in [0.717, 1.165) is 72.6 Å². The molecule has 7 aromatic rings. The quantitative estimate of drug-likeness (QED) is 0.159. The molecule has 1 unspecified atom stereocenters. The molecule has 56 heavy (non-hydrogen) atoms. The highest BCUT2D eigenvalue weighted by atomic mass is 16.5. The number of aromatic amines is 2. The van der Waals surface area contributed by atoms with Crippen molar-refractivity contribution < 1.29 is 9.53 Å². The zero-order valence-electron chi connectivity index (χ0n) is 30.5. The van der Waals surface area contributed by atoms with Gasteiger partial charge in [0.25, 0.3) is 0 Å². The molecule has 0 amide bonds. The van der Waals surface area contributed by atoms with E-state index in [-0.39, 0.29) is 6.61 Å². The van der Waals surface area contributed by atoms with E-state index in [2.05, 4.69) is 58.5 Å². The van der Waals surface area contributed by atoms with Crippen LogP contribution in [0.2, 0.25) is 0 Å². The number of nitrogens with one attached hydrogen (secondary N) is 2. The number of nitriles is 1. The molecule has 7 heteroatoms. The average molecular weight is 726 g/mol. The summed E-state index contributed by atoms with van der Waals surface area (Å²) in [5.74, 6) is -1.83. The summed E-state index contributed by atoms with van der Waals surface area (Å²) in [6, 6.07) is 48.9. The van der Waals surface area contributed by atoms with Gasteiger partial charge in [0.15, 0.2) is 5.92 Å². The van der Waals surface area contributed by atoms with Crippen LogP contribution in [0.15, 0.2) is 140 Å². The van der Waals surface area contributed by atoms with Crippen molar-refractivity contribution in [3.05, 3.63) is 168 Å². The maximum absolute atomic E-state index is 13.6. The van der Waals surface area contributed by atoms with Crippen LogP contribution in [0.5, 0.6) is 0 Å². The Morgan fingerprint density at radius 1 is 0.571 bits per heavy atom. The van der Waals surface area contributed by atoms with Crippen LogP contribution in [0.4, 0.5) is 0 Å². The van der Waals surface area contributed by atoms with Gasteiger partial charge in [0.2, 0.25) is 0 Å². The first-order valence-corrected chi connectivity index (χ1v) is 18.6. The molecule has 0 saturated heterocycles. The lowest BCUT2D eigenvalue weighted by atomic mass is 9.95. The van der Waals surface area contributed by atoms with Crippen molar-refractivity contribution in [3.63, 3.8) is 0 Å². The molecule has 2 aliphatic rings. The zero-order chi connectivity index (χ0) is 38.0. The Bertz CT molecular complexity index is 2880. The first-order valence-electron chi connectivity index (χ1n) is 18.6. The minimum Gasteiger partial charge on any atom is -0.465 e. The van der Waals surface area contributed by atoms with Gasteiger partial charge in [-0.1, -0.05) is 121 Å². The predicted octanol–water partition coefficient (Wildman–Crippen LogP) is 11.5. The van der Waals surface area contributed by atoms with Crippen molar-refractivity contribution >= 4 is 52.3 Å². The summed E-state index contributed by atoms with van der Waals surface area (Å²) < 4.78 is 5.50. The van der Waals surface area contributed by atoms with E-state index in [4.69, 9.17) is 14.7 Å². The maximum Gasteiger partial charge on any atom is 0.327 e. The molecule has 0 fully saturated rings. The Hall–Kier alpha value is -7.56. The number of carbonyl (C=O) groups is 1. The van der Waals surface area contributed by atoms with Gasteiger partial charge in [-0.15, -0.1) is 0 Å². The van der Waals surface area contributed by atoms with Crippen LogP contribution in [0, 0.1) is 11.3 Å². The lowest BCUT2D eigenvalue weighted by Gasteiger charge is -2.10. The number of esters is 1. The van der Waals surface area contributed by atoms with E-state index in [1.807, 2.05) is 121 Å². The number of fused-ring (bicyclic) bond motifs is 8. The van der Waals surface area contributed by atoms with E-state index in [1.165, 1.54) is 0 Å². The maximum atomic E-state index is 13.6. The van der Waals surface area contributed by atoms with E-state index < -0.39 is 11.9 Å². The van der Waals surface area contributed by atoms with E-state index >= 15 is 0 Å². The molecular formula is C49H35N5O2. The molecule has 7 nitrogen and oxygen atoms in total. The third-order valence-electron chi connectivity index (χ3n) is 10.1. The highest BCUT2D eigenvalue weighted by Crippen LogP contribution is 2.40. The fourth-order valence-corrected chi connectivity index (χ4v) is 7.65. The van der Waals surface area contributed by atoms with Crippen molar-refractivity contribution in [2.24, 2.45) is 0 Å². The fourth-order valence-electron chi connectivity index (χ4n) is 7.65. The van der Waals surface area contributed by atoms with Gasteiger partial charge in [0, 0.05) is 44.4 Å². The van der Waals surface area contributed by atoms with E-state index in [0.29, 0.717) is 22.3 Å². The van der Waals surface area contributed by atoms with Gasteiger partial charge in [-0.05, 0) is 71.7 Å². The van der Waals surface area contributed by atoms with E-state index in [9.17, 15) is 10.1 Å². The number of ether oxygens (including phenoxy) is 1. The molecular weight excluding hydrogens is 691 g/mol. The third-order valence-corrected chi connectivity index (χ3v) is 10.1. The number of hydrogen-bond acceptors (Lipinski definition) is 5. The fraction of sp³-hybridized carbons (Fsp3) is 0.0612. The number of hydrogen-bond donors (Lipinski definition) is 2. The number of benzene rings is 4. The molecule has 4 aromatic carbocycles. The average Bonchev–Trinajstić information content (AvgIpc) is 4.08. The second-order valence-corrected chi connectivity index (χ2v) is 13.5. The Morgan fingerprint density at radius 3 is 1.38 bits per heavy atom. The molecule has 8 bridgehead atoms. The standard InChI is InChI=1S/C49H35N5O2/c1-2-56-49(55)36(30-50)35-29-43-46(33-19-11-5-12-20-33)41-26-25-39(52-41)44(31-15-7-3-8-16-31)37-23-24-38(51-37)45(32-17-9-4-10-18-32)40-27-28-42(53-40)47(48(35)54-43)34-21-13-6-14-22-34/h3-29,36,51,54H,2H2,1H3. The molecule has 2 N–H and O–H groups in total. The van der Waals surface area contributed by atoms with Gasteiger partial charge in [0.1, 0.15) is 0 Å². The summed E-state index contributed by atoms with van der Waals surface area (Å²) in [4.78, 5) is 31.8. The summed E-state index contributed by atoms with van der Waals surface area (Å²) in [6.45, 7) is 1.89. The van der Waals surface area contributed by atoms with Gasteiger partial charge in [-0.3, -0.25) is 4.79 Å². The largest absolute Gasteiger partial charge is 0.465 e. The first kappa shape index (κ1) is 34.2. The number of rotatable bonds is 7. The Morgan fingerprint density at radius 2 is 0.964 bits per heavy atom. The van der Waals surface area contributed by atoms with Crippen LogP contribution >= 0.6 is 0 Å². The van der Waals surface area contributed by atoms with Crippen LogP contribution in [-0.4, -0.2) is 32.5 Å². The molecule has 1 atom stereocenters. The molecule has 268 valence electrons. The Balaban J connectivity index is 1.53. The van der Waals surface area contributed by atoms with Crippen LogP contribution in [-0.2, 0) is 9.53 Å². The Labute approximate surface area is 324 Å². The lowest BCUT2D eigenvalue weighted by molar-refractivity contribution is -0.143. The second-order valence-electron chi connectivity index (χ2n) is 13.5. The van der Waals surface area contributed by atoms with Gasteiger partial charge < -0.3 is 14.7 Å². The molecule has 5 heterocycles. The minimum atomic E-state index is -1.22. The highest BCUT2D eigenvalue weighted by Gasteiger charge is 2.28. The molecule has 0 saturated carbocycles. The first-order chi connectivity index (χ1) is 27.6. The summed E-state index contributed by atoms with van der Waals surface area (Å²) >= 11 is 0. The number of carbonyl (C=O) groups excluding carboxylic acids is 1. The molecule has 9 rings (SSSR count). The number of nitrogens with zero attached hydrogens (tertiary/aromatic N) is 3. The lowest BCUT2D eigenvalue weighted by Crippen LogP contribution is -2.14. The van der Waals surface area contributed by atoms with Crippen LogP contribution < -0.4 is 0 Å². The van der Waals surface area contributed by atoms with Crippen molar-refractivity contribution in [1.29, 1.82) is 5.26 Å². The van der Waals surface area contributed by atoms with Crippen molar-refractivity contribution in [2.45, 2.75) is 12.8 Å². The van der Waals surface area contributed by atoms with Gasteiger partial charge >= 0.3 is 5.97 Å². The topological polar surface area (TPSA) is 107 Å². The summed E-state index contributed by atoms with van der Waals surface area (Å²) in [7, 11) is 0. The Kier molecular flexibility index (Phi) is 8.98. The smallest absolute Gasteiger partial charge is 0.327 e. The van der Waals surface area contributed by atoms with Crippen molar-refractivity contribution in [2.75, 3.05) is 6.61 Å². The van der Waals surface area contributed by atoms with E-state index in [1.54, 1.807) is 6.92 Å². The molecule has 2 aliphatic heterocycles. The second kappa shape index (κ2) is 14.7. The summed E-state index contributed by atoms with van der Waals surface area (Å²) in [5, 5.41) is 10.6. The van der Waals surface area contributed by atoms with Crippen LogP contribution in [0.25, 0.3) is 90.9 Å². The third kappa shape index (κ3) is 6.19. The number of H-pyrrole nitrogens is 2. The van der Waals surface area contributed by atoms with Gasteiger partial charge in [0.05, 0.1) is 41.0 Å². The molecule has 0 radical (unpaired) electrons. The highest BCUT2D eigenvalue weighted by molar-refractivity contribution is 6.02. The summed E-state index contributed by atoms with van der Waals surface area (Å²) in [6.07, 6.45) is 8.12. The monoisotopic (exact) mass is 725 g/mol. The van der Waals surface area contributed by atoms with Crippen LogP contribution in [0.3, 0.4) is 0 Å². The number of aromatic nitrogens is 4. The van der Waals surface area contributed by atoms with Crippen molar-refractivity contribution in [1.82, 2.24) is 19.9 Å². The molecule has 3 aromatic heterocycles. The minimum absolute atomic E-state index is 0.146. The predicted molar refractivity (Wildman–Crippen MR) is 226 cm³/mol. The van der Waals surface area contributed by atoms with Gasteiger partial charge in [-0.25, -0.2) is 9.97 Å². The van der Waals surface area contributed by atoms with Crippen LogP contribution in [0.1, 0.15) is 41.2 Å². The summed E-state index contributed by atoms with van der Waals surface area (Å²) in [5.41, 5.74) is 13.8.